The van der Waals surface area contributed by atoms with Crippen LogP contribution < -0.4 is 10.5 Å². The second kappa shape index (κ2) is 6.44. The molecule has 0 fully saturated rings. The summed E-state index contributed by atoms with van der Waals surface area (Å²) in [5, 5.41) is 12.2. The van der Waals surface area contributed by atoms with Gasteiger partial charge in [0.25, 0.3) is 5.91 Å². The Morgan fingerprint density at radius 1 is 1.17 bits per heavy atom. The molecule has 0 saturated heterocycles. The fourth-order valence-corrected chi connectivity index (χ4v) is 4.22. The van der Waals surface area contributed by atoms with Gasteiger partial charge in [-0.2, -0.15) is 0 Å². The number of nitrogens with zero attached hydrogens (tertiary/aromatic N) is 1. The van der Waals surface area contributed by atoms with E-state index in [1.165, 1.54) is 11.4 Å². The van der Waals surface area contributed by atoms with Gasteiger partial charge in [0.15, 0.2) is 0 Å². The van der Waals surface area contributed by atoms with E-state index >= 15 is 0 Å². The first-order valence-corrected chi connectivity index (χ1v) is 10.1. The lowest BCUT2D eigenvalue weighted by atomic mass is 10.1. The van der Waals surface area contributed by atoms with Gasteiger partial charge in [-0.3, -0.25) is 4.79 Å². The topological polar surface area (TPSA) is 102 Å². The molecule has 0 aliphatic rings. The van der Waals surface area contributed by atoms with Crippen LogP contribution in [-0.4, -0.2) is 19.3 Å². The van der Waals surface area contributed by atoms with Crippen LogP contribution in [0.15, 0.2) is 45.3 Å². The van der Waals surface area contributed by atoms with Gasteiger partial charge in [-0.05, 0) is 25.1 Å². The molecule has 2 heterocycles. The van der Waals surface area contributed by atoms with Crippen LogP contribution in [0, 0.1) is 6.92 Å². The number of carbonyl (C=O) groups excluding carboxylic acids is 1. The Hall–Kier alpha value is -2.07. The zero-order chi connectivity index (χ0) is 17.3. The highest BCUT2D eigenvalue weighted by atomic mass is 32.2. The number of rotatable bonds is 4. The maximum atomic E-state index is 12.2. The zero-order valence-electron chi connectivity index (χ0n) is 12.5. The number of aromatic nitrogens is 1. The summed E-state index contributed by atoms with van der Waals surface area (Å²) in [5.41, 5.74) is 2.72. The van der Waals surface area contributed by atoms with Gasteiger partial charge < -0.3 is 5.32 Å². The highest BCUT2D eigenvalue weighted by Gasteiger charge is 2.15. The molecule has 124 valence electrons. The number of hydrogen-bond donors (Lipinski definition) is 2. The molecule has 0 radical (unpaired) electrons. The van der Waals surface area contributed by atoms with Crippen LogP contribution in [0.3, 0.4) is 0 Å². The van der Waals surface area contributed by atoms with Gasteiger partial charge in [0.1, 0.15) is 4.21 Å². The van der Waals surface area contributed by atoms with Crippen molar-refractivity contribution in [2.24, 2.45) is 5.14 Å². The maximum absolute atomic E-state index is 12.2. The van der Waals surface area contributed by atoms with E-state index in [2.05, 4.69) is 10.3 Å². The van der Waals surface area contributed by atoms with E-state index in [4.69, 9.17) is 5.14 Å². The number of thiazole rings is 1. The molecule has 0 saturated carbocycles. The van der Waals surface area contributed by atoms with Crippen LogP contribution in [0.1, 0.15) is 15.4 Å². The smallest absolute Gasteiger partial charge is 0.256 e. The normalized spacial score (nSPS) is 11.4. The molecular weight excluding hydrogens is 366 g/mol. The van der Waals surface area contributed by atoms with Crippen molar-refractivity contribution < 1.29 is 13.2 Å². The Kier molecular flexibility index (Phi) is 4.50. The Balaban J connectivity index is 1.74. The van der Waals surface area contributed by atoms with Crippen molar-refractivity contribution in [1.82, 2.24) is 4.98 Å². The molecule has 3 rings (SSSR count). The Morgan fingerprint density at radius 2 is 1.88 bits per heavy atom. The van der Waals surface area contributed by atoms with E-state index < -0.39 is 15.9 Å². The summed E-state index contributed by atoms with van der Waals surface area (Å²) in [6, 6.07) is 8.55. The van der Waals surface area contributed by atoms with Gasteiger partial charge in [-0.1, -0.05) is 12.1 Å². The minimum absolute atomic E-state index is 0.0399. The Bertz CT molecular complexity index is 988. The van der Waals surface area contributed by atoms with E-state index in [1.807, 2.05) is 24.4 Å². The number of thiophene rings is 1. The van der Waals surface area contributed by atoms with Crippen molar-refractivity contribution in [2.45, 2.75) is 11.1 Å². The Morgan fingerprint density at radius 3 is 2.42 bits per heavy atom. The second-order valence-electron chi connectivity index (χ2n) is 4.98. The standard InChI is InChI=1S/C15H13N3O3S3/c1-9-17-13(8-22-9)10-2-4-12(5-3-10)18-15(19)11-6-14(23-7-11)24(16,20)21/h2-8H,1H3,(H,18,19)(H2,16,20,21). The van der Waals surface area contributed by atoms with E-state index in [9.17, 15) is 13.2 Å². The minimum atomic E-state index is -3.79. The minimum Gasteiger partial charge on any atom is -0.322 e. The summed E-state index contributed by atoms with van der Waals surface area (Å²) >= 11 is 2.49. The number of primary sulfonamides is 1. The number of nitrogens with one attached hydrogen (secondary N) is 1. The third-order valence-corrected chi connectivity index (χ3v) is 6.34. The molecule has 0 bridgehead atoms. The fourth-order valence-electron chi connectivity index (χ4n) is 2.01. The summed E-state index contributed by atoms with van der Waals surface area (Å²) in [4.78, 5) is 16.6. The first-order valence-electron chi connectivity index (χ1n) is 6.78. The molecule has 3 N–H and O–H groups in total. The van der Waals surface area contributed by atoms with Crippen molar-refractivity contribution in [3.05, 3.63) is 51.7 Å². The fraction of sp³-hybridized carbons (Fsp3) is 0.0667. The number of hydrogen-bond acceptors (Lipinski definition) is 6. The number of benzene rings is 1. The van der Waals surface area contributed by atoms with Crippen molar-refractivity contribution in [3.63, 3.8) is 0 Å². The quantitative estimate of drug-likeness (QED) is 0.727. The highest BCUT2D eigenvalue weighted by Crippen LogP contribution is 2.24. The van der Waals surface area contributed by atoms with E-state index in [1.54, 1.807) is 23.5 Å². The van der Waals surface area contributed by atoms with E-state index in [0.717, 1.165) is 27.6 Å². The molecular formula is C15H13N3O3S3. The van der Waals surface area contributed by atoms with Crippen LogP contribution in [0.4, 0.5) is 5.69 Å². The van der Waals surface area contributed by atoms with Crippen molar-refractivity contribution in [2.75, 3.05) is 5.32 Å². The van der Waals surface area contributed by atoms with Crippen LogP contribution in [-0.2, 0) is 10.0 Å². The number of anilines is 1. The first kappa shape index (κ1) is 16.8. The molecule has 1 amide bonds. The van der Waals surface area contributed by atoms with Crippen LogP contribution >= 0.6 is 22.7 Å². The van der Waals surface area contributed by atoms with Crippen molar-refractivity contribution in [3.8, 4) is 11.3 Å². The predicted molar refractivity (Wildman–Crippen MR) is 95.9 cm³/mol. The molecule has 2 aromatic heterocycles. The lowest BCUT2D eigenvalue weighted by Gasteiger charge is -2.04. The SMILES string of the molecule is Cc1nc(-c2ccc(NC(=O)c3csc(S(N)(=O)=O)c3)cc2)cs1. The third kappa shape index (κ3) is 3.70. The summed E-state index contributed by atoms with van der Waals surface area (Å²) in [6.07, 6.45) is 0. The molecule has 0 atom stereocenters. The molecule has 1 aromatic carbocycles. The number of aryl methyl sites for hydroxylation is 1. The molecule has 3 aromatic rings. The molecule has 9 heteroatoms. The van der Waals surface area contributed by atoms with Crippen LogP contribution in [0.2, 0.25) is 0 Å². The number of nitrogens with two attached hydrogens (primary N) is 1. The van der Waals surface area contributed by atoms with Crippen LogP contribution in [0.25, 0.3) is 11.3 Å². The predicted octanol–water partition coefficient (Wildman–Crippen LogP) is 3.08. The van der Waals surface area contributed by atoms with Gasteiger partial charge in [0.2, 0.25) is 10.0 Å². The summed E-state index contributed by atoms with van der Waals surface area (Å²) in [7, 11) is -3.79. The molecule has 0 spiro atoms. The molecule has 0 unspecified atom stereocenters. The molecule has 0 aliphatic carbocycles. The molecule has 0 aliphatic heterocycles. The van der Waals surface area contributed by atoms with Gasteiger partial charge in [-0.25, -0.2) is 18.5 Å². The van der Waals surface area contributed by atoms with E-state index in [-0.39, 0.29) is 9.77 Å². The first-order chi connectivity index (χ1) is 11.3. The average Bonchev–Trinajstić information content (AvgIpc) is 3.16. The summed E-state index contributed by atoms with van der Waals surface area (Å²) < 4.78 is 22.5. The zero-order valence-corrected chi connectivity index (χ0v) is 15.0. The Labute approximate surface area is 147 Å². The largest absolute Gasteiger partial charge is 0.322 e. The summed E-state index contributed by atoms with van der Waals surface area (Å²) in [5.74, 6) is -0.390. The lowest BCUT2D eigenvalue weighted by Crippen LogP contribution is -2.12. The molecule has 6 nitrogen and oxygen atoms in total. The number of carbonyl (C=O) groups is 1. The van der Waals surface area contributed by atoms with Crippen LogP contribution in [0.5, 0.6) is 0 Å². The van der Waals surface area contributed by atoms with Gasteiger partial charge in [0.05, 0.1) is 16.3 Å². The highest BCUT2D eigenvalue weighted by molar-refractivity contribution is 7.91. The molecule has 24 heavy (non-hydrogen) atoms. The second-order valence-corrected chi connectivity index (χ2v) is 8.74. The average molecular weight is 379 g/mol. The monoisotopic (exact) mass is 379 g/mol. The van der Waals surface area contributed by atoms with E-state index in [0.29, 0.717) is 5.69 Å². The van der Waals surface area contributed by atoms with Crippen molar-refractivity contribution in [1.29, 1.82) is 0 Å². The van der Waals surface area contributed by atoms with Gasteiger partial charge in [0, 0.05) is 22.0 Å². The summed E-state index contributed by atoms with van der Waals surface area (Å²) in [6.45, 7) is 1.94. The number of amides is 1. The van der Waals surface area contributed by atoms with Crippen molar-refractivity contribution >= 4 is 44.3 Å². The maximum Gasteiger partial charge on any atom is 0.256 e. The van der Waals surface area contributed by atoms with Gasteiger partial charge >= 0.3 is 0 Å². The lowest BCUT2D eigenvalue weighted by molar-refractivity contribution is 0.102. The third-order valence-electron chi connectivity index (χ3n) is 3.18. The van der Waals surface area contributed by atoms with Gasteiger partial charge in [-0.15, -0.1) is 22.7 Å². The number of sulfonamides is 1.